The lowest BCUT2D eigenvalue weighted by molar-refractivity contribution is -0.129. The Labute approximate surface area is 169 Å². The van der Waals surface area contributed by atoms with Crippen LogP contribution in [0.25, 0.3) is 22.5 Å². The second-order valence-corrected chi connectivity index (χ2v) is 8.12. The molecule has 1 aromatic heterocycles. The molecule has 3 aromatic rings. The van der Waals surface area contributed by atoms with Gasteiger partial charge in [0, 0.05) is 24.2 Å². The number of aromatic nitrogens is 3. The SMILES string of the molecule is C[C@H](Sc1nnc(-c2ccccc2)c(-c2ccccc2)n1)C(=O)N1CCCC1. The van der Waals surface area contributed by atoms with E-state index in [2.05, 4.69) is 10.2 Å². The number of carbonyl (C=O) groups excluding carboxylic acids is 1. The monoisotopic (exact) mass is 390 g/mol. The van der Waals surface area contributed by atoms with Crippen molar-refractivity contribution in [2.75, 3.05) is 13.1 Å². The lowest BCUT2D eigenvalue weighted by Crippen LogP contribution is -2.34. The van der Waals surface area contributed by atoms with E-state index in [0.29, 0.717) is 5.16 Å². The van der Waals surface area contributed by atoms with Gasteiger partial charge in [-0.25, -0.2) is 4.98 Å². The van der Waals surface area contributed by atoms with Gasteiger partial charge < -0.3 is 4.90 Å². The van der Waals surface area contributed by atoms with E-state index in [-0.39, 0.29) is 11.2 Å². The van der Waals surface area contributed by atoms with Crippen molar-refractivity contribution in [1.82, 2.24) is 20.1 Å². The first-order valence-corrected chi connectivity index (χ1v) is 10.4. The molecule has 28 heavy (non-hydrogen) atoms. The fourth-order valence-corrected chi connectivity index (χ4v) is 4.15. The van der Waals surface area contributed by atoms with Crippen molar-refractivity contribution < 1.29 is 4.79 Å². The van der Waals surface area contributed by atoms with E-state index >= 15 is 0 Å². The number of rotatable bonds is 5. The first-order valence-electron chi connectivity index (χ1n) is 9.53. The number of benzene rings is 2. The molecule has 1 fully saturated rings. The number of hydrogen-bond acceptors (Lipinski definition) is 5. The predicted molar refractivity (Wildman–Crippen MR) is 112 cm³/mol. The van der Waals surface area contributed by atoms with Crippen LogP contribution in [0.2, 0.25) is 0 Å². The summed E-state index contributed by atoms with van der Waals surface area (Å²) in [5, 5.41) is 9.09. The second-order valence-electron chi connectivity index (χ2n) is 6.82. The smallest absolute Gasteiger partial charge is 0.235 e. The Kier molecular flexibility index (Phi) is 5.67. The van der Waals surface area contributed by atoms with E-state index in [0.717, 1.165) is 48.4 Å². The predicted octanol–water partition coefficient (Wildman–Crippen LogP) is 4.31. The summed E-state index contributed by atoms with van der Waals surface area (Å²) in [6.07, 6.45) is 2.18. The molecule has 4 rings (SSSR count). The van der Waals surface area contributed by atoms with Crippen molar-refractivity contribution in [2.24, 2.45) is 0 Å². The highest BCUT2D eigenvalue weighted by atomic mass is 32.2. The van der Waals surface area contributed by atoms with E-state index in [4.69, 9.17) is 4.98 Å². The molecule has 2 aromatic carbocycles. The number of nitrogens with zero attached hydrogens (tertiary/aromatic N) is 4. The topological polar surface area (TPSA) is 59.0 Å². The molecule has 0 N–H and O–H groups in total. The minimum absolute atomic E-state index is 0.152. The van der Waals surface area contributed by atoms with E-state index in [1.807, 2.05) is 72.5 Å². The van der Waals surface area contributed by atoms with E-state index < -0.39 is 0 Å². The Hall–Kier alpha value is -2.73. The zero-order valence-electron chi connectivity index (χ0n) is 15.8. The van der Waals surface area contributed by atoms with Gasteiger partial charge in [0.05, 0.1) is 5.25 Å². The van der Waals surface area contributed by atoms with Crippen molar-refractivity contribution >= 4 is 17.7 Å². The number of likely N-dealkylation sites (tertiary alicyclic amines) is 1. The molecular formula is C22H22N4OS. The van der Waals surface area contributed by atoms with Gasteiger partial charge in [0.2, 0.25) is 11.1 Å². The van der Waals surface area contributed by atoms with Gasteiger partial charge >= 0.3 is 0 Å². The normalized spacial score (nSPS) is 14.8. The minimum Gasteiger partial charge on any atom is -0.342 e. The first kappa shape index (κ1) is 18.6. The molecule has 0 spiro atoms. The summed E-state index contributed by atoms with van der Waals surface area (Å²) < 4.78 is 0. The van der Waals surface area contributed by atoms with Crippen molar-refractivity contribution in [2.45, 2.75) is 30.2 Å². The van der Waals surface area contributed by atoms with E-state index in [9.17, 15) is 4.79 Å². The summed E-state index contributed by atoms with van der Waals surface area (Å²) in [7, 11) is 0. The molecule has 5 nitrogen and oxygen atoms in total. The molecular weight excluding hydrogens is 368 g/mol. The average Bonchev–Trinajstić information content (AvgIpc) is 3.29. The van der Waals surface area contributed by atoms with Crippen LogP contribution in [0.3, 0.4) is 0 Å². The highest BCUT2D eigenvalue weighted by Crippen LogP contribution is 2.31. The molecule has 0 radical (unpaired) electrons. The maximum atomic E-state index is 12.6. The van der Waals surface area contributed by atoms with Crippen LogP contribution < -0.4 is 0 Å². The third-order valence-corrected chi connectivity index (χ3v) is 5.75. The third-order valence-electron chi connectivity index (χ3n) is 4.81. The van der Waals surface area contributed by atoms with Gasteiger partial charge in [-0.15, -0.1) is 10.2 Å². The number of amides is 1. The van der Waals surface area contributed by atoms with Crippen LogP contribution in [0.4, 0.5) is 0 Å². The summed E-state index contributed by atoms with van der Waals surface area (Å²) in [6, 6.07) is 19.9. The standard InChI is InChI=1S/C22H22N4OS/c1-16(21(27)26-14-8-9-15-26)28-22-23-19(17-10-4-2-5-11-17)20(24-25-22)18-12-6-3-7-13-18/h2-7,10-13,16H,8-9,14-15H2,1H3/t16-/m0/s1. The Morgan fingerprint density at radius 3 is 2.07 bits per heavy atom. The Balaban J connectivity index is 1.65. The summed E-state index contributed by atoms with van der Waals surface area (Å²) >= 11 is 1.38. The Morgan fingerprint density at radius 1 is 0.893 bits per heavy atom. The molecule has 6 heteroatoms. The number of carbonyl (C=O) groups is 1. The maximum Gasteiger partial charge on any atom is 0.235 e. The van der Waals surface area contributed by atoms with Gasteiger partial charge in [0.15, 0.2) is 0 Å². The van der Waals surface area contributed by atoms with Crippen LogP contribution in [0, 0.1) is 0 Å². The second kappa shape index (κ2) is 8.52. The largest absolute Gasteiger partial charge is 0.342 e. The Bertz CT molecular complexity index is 943. The highest BCUT2D eigenvalue weighted by Gasteiger charge is 2.25. The molecule has 1 saturated heterocycles. The summed E-state index contributed by atoms with van der Waals surface area (Å²) in [4.78, 5) is 19.3. The zero-order valence-corrected chi connectivity index (χ0v) is 16.6. The van der Waals surface area contributed by atoms with Crippen molar-refractivity contribution in [3.63, 3.8) is 0 Å². The van der Waals surface area contributed by atoms with E-state index in [1.54, 1.807) is 0 Å². The van der Waals surface area contributed by atoms with Crippen LogP contribution in [0.5, 0.6) is 0 Å². The van der Waals surface area contributed by atoms with Gasteiger partial charge in [-0.05, 0) is 19.8 Å². The van der Waals surface area contributed by atoms with Gasteiger partial charge in [0.1, 0.15) is 11.4 Å². The third kappa shape index (κ3) is 4.07. The lowest BCUT2D eigenvalue weighted by Gasteiger charge is -2.19. The first-order chi connectivity index (χ1) is 13.7. The number of hydrogen-bond donors (Lipinski definition) is 0. The van der Waals surface area contributed by atoms with Gasteiger partial charge in [-0.1, -0.05) is 72.4 Å². The van der Waals surface area contributed by atoms with Gasteiger partial charge in [-0.2, -0.15) is 0 Å². The summed E-state index contributed by atoms with van der Waals surface area (Å²) in [6.45, 7) is 3.62. The molecule has 142 valence electrons. The Morgan fingerprint density at radius 2 is 1.46 bits per heavy atom. The average molecular weight is 391 g/mol. The van der Waals surface area contributed by atoms with Crippen LogP contribution in [-0.2, 0) is 4.79 Å². The quantitative estimate of drug-likeness (QED) is 0.608. The fraction of sp³-hybridized carbons (Fsp3) is 0.273. The van der Waals surface area contributed by atoms with Crippen LogP contribution in [0.15, 0.2) is 65.8 Å². The highest BCUT2D eigenvalue weighted by molar-refractivity contribution is 8.00. The molecule has 1 aliphatic heterocycles. The molecule has 0 saturated carbocycles. The van der Waals surface area contributed by atoms with Crippen LogP contribution in [0.1, 0.15) is 19.8 Å². The minimum atomic E-state index is -0.230. The van der Waals surface area contributed by atoms with Crippen molar-refractivity contribution in [3.8, 4) is 22.5 Å². The van der Waals surface area contributed by atoms with Crippen LogP contribution >= 0.6 is 11.8 Å². The molecule has 1 atom stereocenters. The maximum absolute atomic E-state index is 12.6. The van der Waals surface area contributed by atoms with Crippen LogP contribution in [-0.4, -0.2) is 44.3 Å². The molecule has 2 heterocycles. The molecule has 1 aliphatic rings. The molecule has 1 amide bonds. The van der Waals surface area contributed by atoms with Gasteiger partial charge in [0.25, 0.3) is 0 Å². The zero-order chi connectivity index (χ0) is 19.3. The summed E-state index contributed by atoms with van der Waals surface area (Å²) in [5.74, 6) is 0.152. The lowest BCUT2D eigenvalue weighted by atomic mass is 10.0. The van der Waals surface area contributed by atoms with Crippen molar-refractivity contribution in [1.29, 1.82) is 0 Å². The van der Waals surface area contributed by atoms with Crippen molar-refractivity contribution in [3.05, 3.63) is 60.7 Å². The fourth-order valence-electron chi connectivity index (χ4n) is 3.35. The molecule has 0 aliphatic carbocycles. The summed E-state index contributed by atoms with van der Waals surface area (Å²) in [5.41, 5.74) is 3.48. The molecule has 0 unspecified atom stereocenters. The molecule has 0 bridgehead atoms. The van der Waals surface area contributed by atoms with Gasteiger partial charge in [-0.3, -0.25) is 4.79 Å². The van der Waals surface area contributed by atoms with E-state index in [1.165, 1.54) is 11.8 Å². The number of thioether (sulfide) groups is 1.